The lowest BCUT2D eigenvalue weighted by Gasteiger charge is -2.11. The number of benzene rings is 1. The standard InChI is InChI=1S/C15H15N3O2S/c19-13(11-4-2-1-3-5-11)9-16-14(20)8-12-10-18-6-7-21-15(18)17-12/h1-7,10,13,19H,8-9H2,(H,16,20). The Bertz CT molecular complexity index is 707. The van der Waals surface area contributed by atoms with Crippen molar-refractivity contribution in [3.63, 3.8) is 0 Å². The van der Waals surface area contributed by atoms with Crippen LogP contribution < -0.4 is 5.32 Å². The zero-order chi connectivity index (χ0) is 14.7. The van der Waals surface area contributed by atoms with Crippen LogP contribution >= 0.6 is 11.3 Å². The van der Waals surface area contributed by atoms with E-state index in [9.17, 15) is 9.90 Å². The Morgan fingerprint density at radius 3 is 2.95 bits per heavy atom. The largest absolute Gasteiger partial charge is 0.387 e. The highest BCUT2D eigenvalue weighted by atomic mass is 32.1. The average Bonchev–Trinajstić information content (AvgIpc) is 3.07. The molecule has 6 heteroatoms. The molecular formula is C15H15N3O2S. The van der Waals surface area contributed by atoms with Crippen molar-refractivity contribution < 1.29 is 9.90 Å². The van der Waals surface area contributed by atoms with Crippen molar-refractivity contribution in [1.82, 2.24) is 14.7 Å². The topological polar surface area (TPSA) is 66.6 Å². The molecule has 0 fully saturated rings. The van der Waals surface area contributed by atoms with Crippen LogP contribution in [-0.4, -0.2) is 26.9 Å². The van der Waals surface area contributed by atoms with Crippen LogP contribution in [0.25, 0.3) is 4.96 Å². The van der Waals surface area contributed by atoms with E-state index < -0.39 is 6.10 Å². The van der Waals surface area contributed by atoms with E-state index in [1.165, 1.54) is 11.3 Å². The van der Waals surface area contributed by atoms with E-state index in [1.807, 2.05) is 52.5 Å². The molecule has 0 bridgehead atoms. The highest BCUT2D eigenvalue weighted by molar-refractivity contribution is 7.15. The number of rotatable bonds is 5. The highest BCUT2D eigenvalue weighted by Gasteiger charge is 2.11. The fourth-order valence-electron chi connectivity index (χ4n) is 2.09. The Morgan fingerprint density at radius 1 is 1.38 bits per heavy atom. The minimum atomic E-state index is -0.694. The zero-order valence-electron chi connectivity index (χ0n) is 11.3. The smallest absolute Gasteiger partial charge is 0.226 e. The minimum absolute atomic E-state index is 0.143. The summed E-state index contributed by atoms with van der Waals surface area (Å²) < 4.78 is 1.89. The summed E-state index contributed by atoms with van der Waals surface area (Å²) in [7, 11) is 0. The number of nitrogens with zero attached hydrogens (tertiary/aromatic N) is 2. The van der Waals surface area contributed by atoms with Gasteiger partial charge < -0.3 is 10.4 Å². The molecule has 0 spiro atoms. The van der Waals surface area contributed by atoms with E-state index in [1.54, 1.807) is 0 Å². The van der Waals surface area contributed by atoms with Gasteiger partial charge in [-0.05, 0) is 5.56 Å². The first kappa shape index (κ1) is 13.8. The number of aromatic nitrogens is 2. The molecule has 1 amide bonds. The van der Waals surface area contributed by atoms with Gasteiger partial charge in [-0.2, -0.15) is 0 Å². The Hall–Kier alpha value is -2.18. The molecular weight excluding hydrogens is 286 g/mol. The van der Waals surface area contributed by atoms with E-state index >= 15 is 0 Å². The molecule has 2 aromatic heterocycles. The number of nitrogens with one attached hydrogen (secondary N) is 1. The highest BCUT2D eigenvalue weighted by Crippen LogP contribution is 2.12. The summed E-state index contributed by atoms with van der Waals surface area (Å²) in [6.45, 7) is 0.199. The van der Waals surface area contributed by atoms with Gasteiger partial charge in [0.2, 0.25) is 5.91 Å². The number of hydrogen-bond donors (Lipinski definition) is 2. The number of aliphatic hydroxyl groups excluding tert-OH is 1. The Balaban J connectivity index is 1.53. The van der Waals surface area contributed by atoms with Crippen molar-refractivity contribution in [3.05, 3.63) is 59.4 Å². The summed E-state index contributed by atoms with van der Waals surface area (Å²) >= 11 is 1.53. The normalized spacial score (nSPS) is 12.4. The van der Waals surface area contributed by atoms with Crippen LogP contribution in [0.15, 0.2) is 48.1 Å². The number of amides is 1. The lowest BCUT2D eigenvalue weighted by atomic mass is 10.1. The van der Waals surface area contributed by atoms with Crippen LogP contribution in [0.5, 0.6) is 0 Å². The molecule has 1 unspecified atom stereocenters. The van der Waals surface area contributed by atoms with Gasteiger partial charge in [0.1, 0.15) is 0 Å². The second kappa shape index (κ2) is 6.07. The van der Waals surface area contributed by atoms with Crippen molar-refractivity contribution in [2.75, 3.05) is 6.54 Å². The molecule has 0 aliphatic rings. The van der Waals surface area contributed by atoms with Crippen molar-refractivity contribution in [3.8, 4) is 0 Å². The van der Waals surface area contributed by atoms with Crippen molar-refractivity contribution in [1.29, 1.82) is 0 Å². The molecule has 1 atom stereocenters. The second-order valence-corrected chi connectivity index (χ2v) is 5.61. The summed E-state index contributed by atoms with van der Waals surface area (Å²) in [5, 5.41) is 14.7. The SMILES string of the molecule is O=C(Cc1cn2ccsc2n1)NCC(O)c1ccccc1. The maximum absolute atomic E-state index is 11.9. The monoisotopic (exact) mass is 301 g/mol. The summed E-state index contributed by atoms with van der Waals surface area (Å²) in [6, 6.07) is 9.27. The third kappa shape index (κ3) is 3.29. The molecule has 0 saturated carbocycles. The molecule has 0 aliphatic heterocycles. The summed E-state index contributed by atoms with van der Waals surface area (Å²) in [5.41, 5.74) is 1.52. The van der Waals surface area contributed by atoms with Crippen LogP contribution in [-0.2, 0) is 11.2 Å². The first-order valence-corrected chi connectivity index (χ1v) is 7.51. The molecule has 3 aromatic rings. The fraction of sp³-hybridized carbons (Fsp3) is 0.200. The fourth-order valence-corrected chi connectivity index (χ4v) is 2.81. The van der Waals surface area contributed by atoms with Crippen LogP contribution in [0.3, 0.4) is 0 Å². The van der Waals surface area contributed by atoms with Gasteiger partial charge in [0.25, 0.3) is 0 Å². The van der Waals surface area contributed by atoms with E-state index in [4.69, 9.17) is 0 Å². The van der Waals surface area contributed by atoms with Gasteiger partial charge in [-0.15, -0.1) is 11.3 Å². The number of carbonyl (C=O) groups excluding carboxylic acids is 1. The molecule has 3 rings (SSSR count). The Kier molecular flexibility index (Phi) is 3.98. The van der Waals surface area contributed by atoms with Crippen LogP contribution in [0.4, 0.5) is 0 Å². The quantitative estimate of drug-likeness (QED) is 0.755. The maximum Gasteiger partial charge on any atom is 0.226 e. The van der Waals surface area contributed by atoms with Crippen molar-refractivity contribution in [2.45, 2.75) is 12.5 Å². The number of carbonyl (C=O) groups is 1. The van der Waals surface area contributed by atoms with E-state index in [0.29, 0.717) is 0 Å². The van der Waals surface area contributed by atoms with E-state index in [-0.39, 0.29) is 18.9 Å². The second-order valence-electron chi connectivity index (χ2n) is 4.73. The molecule has 5 nitrogen and oxygen atoms in total. The number of fused-ring (bicyclic) bond motifs is 1. The molecule has 0 saturated heterocycles. The predicted molar refractivity (Wildman–Crippen MR) is 81.2 cm³/mol. The molecule has 108 valence electrons. The number of thiazole rings is 1. The minimum Gasteiger partial charge on any atom is -0.387 e. The molecule has 1 aromatic carbocycles. The third-order valence-electron chi connectivity index (χ3n) is 3.16. The zero-order valence-corrected chi connectivity index (χ0v) is 12.1. The molecule has 0 radical (unpaired) electrons. The lowest BCUT2D eigenvalue weighted by molar-refractivity contribution is -0.120. The van der Waals surface area contributed by atoms with Crippen LogP contribution in [0.1, 0.15) is 17.4 Å². The molecule has 21 heavy (non-hydrogen) atoms. The van der Waals surface area contributed by atoms with Crippen molar-refractivity contribution >= 4 is 22.2 Å². The van der Waals surface area contributed by atoms with Crippen molar-refractivity contribution in [2.24, 2.45) is 0 Å². The van der Waals surface area contributed by atoms with E-state index in [2.05, 4.69) is 10.3 Å². The summed E-state index contributed by atoms with van der Waals surface area (Å²) in [6.07, 6.45) is 3.28. The van der Waals surface area contributed by atoms with Gasteiger partial charge >= 0.3 is 0 Å². The maximum atomic E-state index is 11.9. The van der Waals surface area contributed by atoms with Gasteiger partial charge in [-0.25, -0.2) is 4.98 Å². The first-order valence-electron chi connectivity index (χ1n) is 6.63. The van der Waals surface area contributed by atoms with Crippen LogP contribution in [0, 0.1) is 0 Å². The third-order valence-corrected chi connectivity index (χ3v) is 3.93. The van der Waals surface area contributed by atoms with Crippen LogP contribution in [0.2, 0.25) is 0 Å². The van der Waals surface area contributed by atoms with Gasteiger partial charge in [-0.3, -0.25) is 9.20 Å². The molecule has 2 N–H and O–H groups in total. The Labute approximate surface area is 125 Å². The Morgan fingerprint density at radius 2 is 2.19 bits per heavy atom. The van der Waals surface area contributed by atoms with Gasteiger partial charge in [-0.1, -0.05) is 30.3 Å². The van der Waals surface area contributed by atoms with Gasteiger partial charge in [0, 0.05) is 24.3 Å². The van der Waals surface area contributed by atoms with Gasteiger partial charge in [0.05, 0.1) is 18.2 Å². The summed E-state index contributed by atoms with van der Waals surface area (Å²) in [4.78, 5) is 17.1. The molecule has 0 aliphatic carbocycles. The number of hydrogen-bond acceptors (Lipinski definition) is 4. The number of imidazole rings is 1. The number of aliphatic hydroxyl groups is 1. The average molecular weight is 301 g/mol. The predicted octanol–water partition coefficient (Wildman–Crippen LogP) is 1.79. The van der Waals surface area contributed by atoms with E-state index in [0.717, 1.165) is 16.2 Å². The summed E-state index contributed by atoms with van der Waals surface area (Å²) in [5.74, 6) is -0.143. The van der Waals surface area contributed by atoms with Gasteiger partial charge in [0.15, 0.2) is 4.96 Å². The lowest BCUT2D eigenvalue weighted by Crippen LogP contribution is -2.29. The first-order chi connectivity index (χ1) is 10.2. The molecule has 2 heterocycles.